The predicted octanol–water partition coefficient (Wildman–Crippen LogP) is 6.26. The average molecular weight is 543 g/mol. The Morgan fingerprint density at radius 1 is 1.08 bits per heavy atom. The van der Waals surface area contributed by atoms with Crippen molar-refractivity contribution in [3.63, 3.8) is 0 Å². The lowest BCUT2D eigenvalue weighted by Crippen LogP contribution is -2.24. The van der Waals surface area contributed by atoms with Gasteiger partial charge in [0.15, 0.2) is 5.89 Å². The molecule has 0 radical (unpaired) electrons. The minimum atomic E-state index is 0.150. The number of rotatable bonds is 8. The number of aromatic nitrogens is 5. The van der Waals surface area contributed by atoms with Crippen LogP contribution in [-0.4, -0.2) is 42.7 Å². The fourth-order valence-corrected chi connectivity index (χ4v) is 5.13. The molecule has 1 aliphatic rings. The molecule has 0 saturated carbocycles. The number of ether oxygens (including phenoxy) is 1. The summed E-state index contributed by atoms with van der Waals surface area (Å²) in [5.41, 5.74) is 3.05. The van der Waals surface area contributed by atoms with Crippen LogP contribution in [0.3, 0.4) is 0 Å². The van der Waals surface area contributed by atoms with Gasteiger partial charge in [0.2, 0.25) is 11.7 Å². The third-order valence-electron chi connectivity index (χ3n) is 6.38. The van der Waals surface area contributed by atoms with Crippen molar-refractivity contribution in [1.29, 1.82) is 0 Å². The molecule has 0 unspecified atom stereocenters. The van der Waals surface area contributed by atoms with Crippen molar-refractivity contribution in [2.45, 2.75) is 46.1 Å². The second-order valence-corrected chi connectivity index (χ2v) is 10.7. The minimum Gasteiger partial charge on any atom is -0.457 e. The number of amides is 1. The van der Waals surface area contributed by atoms with Crippen LogP contribution in [0.2, 0.25) is 0 Å². The van der Waals surface area contributed by atoms with Crippen LogP contribution in [0.25, 0.3) is 33.5 Å². The molecule has 0 bridgehead atoms. The van der Waals surface area contributed by atoms with E-state index in [4.69, 9.17) is 13.7 Å². The Bertz CT molecular complexity index is 1620. The lowest BCUT2D eigenvalue weighted by atomic mass is 10.1. The molecule has 1 saturated heterocycles. The van der Waals surface area contributed by atoms with Gasteiger partial charge in [0, 0.05) is 49.0 Å². The summed E-state index contributed by atoms with van der Waals surface area (Å²) >= 11 is 1.59. The molecular formula is C28H26N6O4S. The molecule has 1 fully saturated rings. The number of likely N-dealkylation sites (tertiary alicyclic amines) is 1. The number of aryl methyl sites for hydroxylation is 1. The Kier molecular flexibility index (Phi) is 6.65. The van der Waals surface area contributed by atoms with Crippen molar-refractivity contribution >= 4 is 17.2 Å². The number of nitrogens with zero attached hydrogens (tertiary/aromatic N) is 6. The van der Waals surface area contributed by atoms with E-state index in [2.05, 4.69) is 39.2 Å². The van der Waals surface area contributed by atoms with Gasteiger partial charge < -0.3 is 18.6 Å². The number of oxazole rings is 1. The molecule has 4 heterocycles. The third kappa shape index (κ3) is 5.30. The van der Waals surface area contributed by atoms with E-state index in [1.807, 2.05) is 47.4 Å². The molecule has 39 heavy (non-hydrogen) atoms. The summed E-state index contributed by atoms with van der Waals surface area (Å²) in [4.78, 5) is 22.9. The van der Waals surface area contributed by atoms with E-state index in [-0.39, 0.29) is 5.91 Å². The van der Waals surface area contributed by atoms with E-state index in [1.54, 1.807) is 18.3 Å². The summed E-state index contributed by atoms with van der Waals surface area (Å²) in [6.07, 6.45) is 2.93. The van der Waals surface area contributed by atoms with Gasteiger partial charge in [0.05, 0.1) is 0 Å². The van der Waals surface area contributed by atoms with Gasteiger partial charge in [0.25, 0.3) is 5.89 Å². The lowest BCUT2D eigenvalue weighted by Gasteiger charge is -2.19. The highest BCUT2D eigenvalue weighted by molar-refractivity contribution is 7.14. The highest BCUT2D eigenvalue weighted by Crippen LogP contribution is 2.34. The first kappa shape index (κ1) is 24.9. The maximum absolute atomic E-state index is 12.3. The molecule has 1 aliphatic heterocycles. The topological polar surface area (TPSA) is 120 Å². The van der Waals surface area contributed by atoms with Crippen LogP contribution in [0.1, 0.15) is 49.1 Å². The molecule has 6 rings (SSSR count). The molecule has 10 nitrogen and oxygen atoms in total. The number of hydrogen-bond donors (Lipinski definition) is 0. The van der Waals surface area contributed by atoms with Crippen LogP contribution in [0.15, 0.2) is 57.7 Å². The Hall–Kier alpha value is -4.38. The standard InChI is InChI=1S/C28H26N6O4S/c1-16(2)27-31-32-28(39-27)18-8-10-21(11-9-18)37-23-13-19(6-7-20(23)14-34-12-4-5-24(34)35)26-30-25(33-38-26)22-15-36-17(3)29-22/h6-11,13,15-16H,4-5,12,14H2,1-3H3. The number of hydrogen-bond acceptors (Lipinski definition) is 10. The maximum atomic E-state index is 12.3. The first-order chi connectivity index (χ1) is 18.9. The molecule has 3 aromatic heterocycles. The van der Waals surface area contributed by atoms with E-state index in [0.717, 1.165) is 34.1 Å². The molecule has 5 aromatic rings. The first-order valence-corrected chi connectivity index (χ1v) is 13.5. The van der Waals surface area contributed by atoms with Gasteiger partial charge in [-0.05, 0) is 42.8 Å². The van der Waals surface area contributed by atoms with E-state index in [9.17, 15) is 4.79 Å². The summed E-state index contributed by atoms with van der Waals surface area (Å²) < 4.78 is 17.1. The Morgan fingerprint density at radius 3 is 2.59 bits per heavy atom. The lowest BCUT2D eigenvalue weighted by molar-refractivity contribution is -0.128. The van der Waals surface area contributed by atoms with Crippen LogP contribution < -0.4 is 4.74 Å². The van der Waals surface area contributed by atoms with E-state index < -0.39 is 0 Å². The monoisotopic (exact) mass is 542 g/mol. The molecule has 0 aliphatic carbocycles. The van der Waals surface area contributed by atoms with Gasteiger partial charge in [0.1, 0.15) is 33.5 Å². The second kappa shape index (κ2) is 10.4. The zero-order valence-corrected chi connectivity index (χ0v) is 22.6. The third-order valence-corrected chi connectivity index (χ3v) is 7.66. The minimum absolute atomic E-state index is 0.150. The summed E-state index contributed by atoms with van der Waals surface area (Å²) in [5.74, 6) is 2.93. The molecule has 198 valence electrons. The fourth-order valence-electron chi connectivity index (χ4n) is 4.28. The van der Waals surface area contributed by atoms with Crippen LogP contribution in [0, 0.1) is 6.92 Å². The van der Waals surface area contributed by atoms with Crippen LogP contribution in [0.5, 0.6) is 11.5 Å². The summed E-state index contributed by atoms with van der Waals surface area (Å²) in [5, 5.41) is 14.5. The van der Waals surface area contributed by atoms with E-state index >= 15 is 0 Å². The van der Waals surface area contributed by atoms with E-state index in [1.165, 1.54) is 6.26 Å². The fraction of sp³-hybridized carbons (Fsp3) is 0.286. The van der Waals surface area contributed by atoms with Gasteiger partial charge in [-0.2, -0.15) is 4.98 Å². The average Bonchev–Trinajstić information content (AvgIpc) is 3.74. The van der Waals surface area contributed by atoms with Gasteiger partial charge in [-0.15, -0.1) is 10.2 Å². The van der Waals surface area contributed by atoms with Gasteiger partial charge in [-0.1, -0.05) is 36.4 Å². The zero-order valence-electron chi connectivity index (χ0n) is 21.7. The van der Waals surface area contributed by atoms with Gasteiger partial charge in [-0.3, -0.25) is 4.79 Å². The van der Waals surface area contributed by atoms with E-state index in [0.29, 0.717) is 59.2 Å². The molecule has 0 atom stereocenters. The quantitative estimate of drug-likeness (QED) is 0.224. The van der Waals surface area contributed by atoms with Crippen molar-refractivity contribution in [2.75, 3.05) is 6.54 Å². The molecule has 0 spiro atoms. The molecule has 0 N–H and O–H groups in total. The Morgan fingerprint density at radius 2 is 1.90 bits per heavy atom. The predicted molar refractivity (Wildman–Crippen MR) is 144 cm³/mol. The van der Waals surface area contributed by atoms with Crippen molar-refractivity contribution in [3.8, 4) is 45.0 Å². The van der Waals surface area contributed by atoms with Crippen molar-refractivity contribution in [1.82, 2.24) is 30.2 Å². The van der Waals surface area contributed by atoms with Crippen molar-refractivity contribution < 1.29 is 18.5 Å². The summed E-state index contributed by atoms with van der Waals surface area (Å²) in [7, 11) is 0. The SMILES string of the molecule is Cc1nc(-c2noc(-c3ccc(CN4CCCC4=O)c(Oc4ccc(-c5nnc(C(C)C)s5)cc4)c3)n2)co1. The number of benzene rings is 2. The zero-order chi connectivity index (χ0) is 26.9. The van der Waals surface area contributed by atoms with Gasteiger partial charge >= 0.3 is 0 Å². The molecular weight excluding hydrogens is 516 g/mol. The Balaban J connectivity index is 1.29. The highest BCUT2D eigenvalue weighted by atomic mass is 32.1. The molecule has 1 amide bonds. The first-order valence-electron chi connectivity index (χ1n) is 12.7. The van der Waals surface area contributed by atoms with Crippen LogP contribution in [0.4, 0.5) is 0 Å². The van der Waals surface area contributed by atoms with Crippen molar-refractivity contribution in [2.24, 2.45) is 0 Å². The number of carbonyl (C=O) groups is 1. The smallest absolute Gasteiger partial charge is 0.258 e. The maximum Gasteiger partial charge on any atom is 0.258 e. The van der Waals surface area contributed by atoms with Crippen LogP contribution in [-0.2, 0) is 11.3 Å². The normalized spacial score (nSPS) is 13.5. The van der Waals surface area contributed by atoms with Gasteiger partial charge in [-0.25, -0.2) is 4.98 Å². The number of carbonyl (C=O) groups excluding carboxylic acids is 1. The highest BCUT2D eigenvalue weighted by Gasteiger charge is 2.23. The summed E-state index contributed by atoms with van der Waals surface area (Å²) in [6, 6.07) is 13.4. The Labute approximate surface area is 228 Å². The second-order valence-electron chi connectivity index (χ2n) is 9.64. The van der Waals surface area contributed by atoms with Crippen molar-refractivity contribution in [3.05, 3.63) is 65.2 Å². The van der Waals surface area contributed by atoms with Crippen LogP contribution >= 0.6 is 11.3 Å². The summed E-state index contributed by atoms with van der Waals surface area (Å²) in [6.45, 7) is 7.16. The molecule has 11 heteroatoms. The molecule has 2 aromatic carbocycles. The largest absolute Gasteiger partial charge is 0.457 e.